The van der Waals surface area contributed by atoms with Crippen LogP contribution in [0, 0.1) is 6.92 Å². The van der Waals surface area contributed by atoms with Crippen LogP contribution < -0.4 is 71.5 Å². The Hall–Kier alpha value is -4.81. The fraction of sp³-hybridized carbons (Fsp3) is 0.871. The Morgan fingerprint density at radius 3 is 0.817 bits per heavy atom. The minimum absolute atomic E-state index is 0.0270. The van der Waals surface area contributed by atoms with E-state index in [-0.39, 0.29) is 85.6 Å². The van der Waals surface area contributed by atoms with Crippen LogP contribution in [0.2, 0.25) is 0 Å². The summed E-state index contributed by atoms with van der Waals surface area (Å²) < 4.78 is 0. The van der Waals surface area contributed by atoms with Gasteiger partial charge >= 0.3 is 0 Å². The van der Waals surface area contributed by atoms with Crippen LogP contribution in [0.25, 0.3) is 0 Å². The lowest BCUT2D eigenvalue weighted by molar-refractivity contribution is 0.159. The monoisotopic (exact) mass is 1290 g/mol. The van der Waals surface area contributed by atoms with Crippen LogP contribution in [-0.2, 0) is 0 Å². The molecule has 0 amide bonds. The SMILES string of the molecule is CCNCCCN(CCN(CCCNc1nc(C)nc(N(C)C2CC(C)(C)NC(C)(C)C2)n1)c1nc(N(C)C2CC(C)(C)NC(C)(C)C2)nc(N(C)C2CC(C)(C)NC(C)(C)C2)n1)c1nc(N(C)C2CC(C)(C)NC(C)(C)C2)nc(N(C)C2CC(C)(C)NC(C)(C)C2)n1. The summed E-state index contributed by atoms with van der Waals surface area (Å²) >= 11 is 0. The standard InChI is InChI=1S/C70H131N23/c1-28-71-31-29-33-92(59-78-55(88(24)49-39-63(7,8)83-64(9,10)40-49)76-56(79-59)89(25)50-41-65(11,12)84-66(13,14)42-50)35-36-93(34-30-32-72-53-73-47(2)74-54(75-53)87(23)48-37-61(3,4)82-62(5,6)38-48)60-80-57(90(26)51-43-67(15,16)85-68(17,18)44-51)77-58(81-60)91(27)52-45-69(19,20)86-70(21,22)46-52/h48-52,71,82-86H,28-46H2,1-27H3,(H,72,73,74,75). The van der Waals surface area contributed by atoms with Gasteiger partial charge in [-0.25, -0.2) is 0 Å². The van der Waals surface area contributed by atoms with E-state index >= 15 is 0 Å². The van der Waals surface area contributed by atoms with Crippen molar-refractivity contribution in [3.63, 3.8) is 0 Å². The van der Waals surface area contributed by atoms with Crippen molar-refractivity contribution < 1.29 is 0 Å². The predicted molar refractivity (Wildman–Crippen MR) is 389 cm³/mol. The first-order valence-corrected chi connectivity index (χ1v) is 35.5. The molecule has 5 aliphatic rings. The summed E-state index contributed by atoms with van der Waals surface area (Å²) in [6.07, 6.45) is 11.2. The molecular weight excluding hydrogens is 1160 g/mol. The Morgan fingerprint density at radius 2 is 0.559 bits per heavy atom. The van der Waals surface area contributed by atoms with Gasteiger partial charge in [-0.05, 0) is 236 Å². The summed E-state index contributed by atoms with van der Waals surface area (Å²) in [6, 6.07) is 1.02. The number of aromatic nitrogens is 9. The van der Waals surface area contributed by atoms with Gasteiger partial charge in [-0.3, -0.25) is 0 Å². The van der Waals surface area contributed by atoms with E-state index < -0.39 is 0 Å². The molecule has 7 N–H and O–H groups in total. The van der Waals surface area contributed by atoms with Crippen LogP contribution in [-0.4, -0.2) is 212 Å². The molecule has 0 aliphatic carbocycles. The van der Waals surface area contributed by atoms with Crippen molar-refractivity contribution in [3.05, 3.63) is 5.82 Å². The Kier molecular flexibility index (Phi) is 22.0. The summed E-state index contributed by atoms with van der Waals surface area (Å²) in [5.41, 5.74) is -0.731. The number of anilines is 8. The molecule has 0 atom stereocenters. The summed E-state index contributed by atoms with van der Waals surface area (Å²) in [4.78, 5) is 64.6. The topological polar surface area (TPSA) is 223 Å². The highest BCUT2D eigenvalue weighted by Gasteiger charge is 2.46. The molecule has 0 spiro atoms. The minimum atomic E-state index is -0.0913. The molecule has 0 saturated carbocycles. The molecule has 23 heteroatoms. The van der Waals surface area contributed by atoms with Gasteiger partial charge in [0.25, 0.3) is 0 Å². The zero-order valence-electron chi connectivity index (χ0n) is 63.5. The number of rotatable bonds is 25. The zero-order chi connectivity index (χ0) is 68.9. The van der Waals surface area contributed by atoms with Gasteiger partial charge in [0.2, 0.25) is 47.6 Å². The van der Waals surface area contributed by atoms with Gasteiger partial charge in [-0.1, -0.05) is 6.92 Å². The first-order valence-electron chi connectivity index (χ1n) is 35.5. The molecule has 5 fully saturated rings. The highest BCUT2D eigenvalue weighted by Crippen LogP contribution is 2.39. The van der Waals surface area contributed by atoms with Crippen molar-refractivity contribution in [2.75, 3.05) is 121 Å². The molecule has 0 bridgehead atoms. The van der Waals surface area contributed by atoms with E-state index in [0.717, 1.165) is 96.7 Å². The summed E-state index contributed by atoms with van der Waals surface area (Å²) in [7, 11) is 10.9. The van der Waals surface area contributed by atoms with E-state index in [9.17, 15) is 0 Å². The van der Waals surface area contributed by atoms with Crippen molar-refractivity contribution in [1.29, 1.82) is 0 Å². The number of piperidine rings is 5. The second-order valence-electron chi connectivity index (χ2n) is 35.8. The maximum Gasteiger partial charge on any atom is 0.232 e. The summed E-state index contributed by atoms with van der Waals surface area (Å²) in [5.74, 6) is 6.04. The largest absolute Gasteiger partial charge is 0.354 e. The van der Waals surface area contributed by atoms with Crippen LogP contribution in [0.3, 0.4) is 0 Å². The van der Waals surface area contributed by atoms with Crippen molar-refractivity contribution in [1.82, 2.24) is 76.8 Å². The second-order valence-corrected chi connectivity index (χ2v) is 35.8. The number of hydrogen-bond acceptors (Lipinski definition) is 23. The van der Waals surface area contributed by atoms with Crippen molar-refractivity contribution in [3.8, 4) is 0 Å². The smallest absolute Gasteiger partial charge is 0.232 e. The number of nitrogens with one attached hydrogen (secondary N) is 7. The minimum Gasteiger partial charge on any atom is -0.354 e. The molecule has 5 aliphatic heterocycles. The Morgan fingerprint density at radius 1 is 0.323 bits per heavy atom. The van der Waals surface area contributed by atoms with E-state index in [1.807, 2.05) is 6.92 Å². The zero-order valence-corrected chi connectivity index (χ0v) is 63.5. The molecule has 0 unspecified atom stereocenters. The van der Waals surface area contributed by atoms with Gasteiger partial charge in [0.05, 0.1) is 0 Å². The van der Waals surface area contributed by atoms with E-state index in [4.69, 9.17) is 44.9 Å². The van der Waals surface area contributed by atoms with Crippen molar-refractivity contribution in [2.45, 2.75) is 315 Å². The fourth-order valence-electron chi connectivity index (χ4n) is 17.7. The Bertz CT molecular complexity index is 2770. The number of nitrogens with zero attached hydrogens (tertiary/aromatic N) is 16. The van der Waals surface area contributed by atoms with E-state index in [1.54, 1.807) is 0 Å². The van der Waals surface area contributed by atoms with Gasteiger partial charge in [0, 0.05) is 154 Å². The number of hydrogen-bond donors (Lipinski definition) is 7. The van der Waals surface area contributed by atoms with Crippen LogP contribution in [0.15, 0.2) is 0 Å². The highest BCUT2D eigenvalue weighted by molar-refractivity contribution is 5.51. The lowest BCUT2D eigenvalue weighted by Gasteiger charge is -2.49. The molecule has 8 rings (SSSR count). The second kappa shape index (κ2) is 27.6. The lowest BCUT2D eigenvalue weighted by atomic mass is 9.79. The van der Waals surface area contributed by atoms with Gasteiger partial charge in [0.1, 0.15) is 5.82 Å². The van der Waals surface area contributed by atoms with E-state index in [1.165, 1.54) is 0 Å². The first-order chi connectivity index (χ1) is 42.7. The highest BCUT2D eigenvalue weighted by atomic mass is 15.4. The molecule has 5 saturated heterocycles. The molecule has 0 radical (unpaired) electrons. The average molecular weight is 1290 g/mol. The lowest BCUT2D eigenvalue weighted by Crippen LogP contribution is -2.62. The number of aryl methyl sites for hydroxylation is 1. The third kappa shape index (κ3) is 20.2. The van der Waals surface area contributed by atoms with E-state index in [0.29, 0.717) is 79.6 Å². The van der Waals surface area contributed by atoms with Gasteiger partial charge in [-0.15, -0.1) is 0 Å². The quantitative estimate of drug-likeness (QED) is 0.0393. The van der Waals surface area contributed by atoms with Crippen LogP contribution in [0.4, 0.5) is 47.6 Å². The molecule has 23 nitrogen and oxygen atoms in total. The molecular formula is C70H131N23. The third-order valence-electron chi connectivity index (χ3n) is 20.2. The van der Waals surface area contributed by atoms with Crippen LogP contribution >= 0.6 is 0 Å². The summed E-state index contributed by atoms with van der Waals surface area (Å²) in [6.45, 7) is 55.3. The molecule has 526 valence electrons. The predicted octanol–water partition coefficient (Wildman–Crippen LogP) is 9.09. The molecule has 93 heavy (non-hydrogen) atoms. The van der Waals surface area contributed by atoms with Gasteiger partial charge in [-0.2, -0.15) is 44.9 Å². The maximum absolute atomic E-state index is 5.61. The Labute approximate surface area is 563 Å². The van der Waals surface area contributed by atoms with Gasteiger partial charge < -0.3 is 71.5 Å². The fourth-order valence-corrected chi connectivity index (χ4v) is 17.7. The average Bonchev–Trinajstić information content (AvgIpc) is 0.793. The molecule has 3 aromatic heterocycles. The molecule has 0 aromatic carbocycles. The normalized spacial score (nSPS) is 23.2. The summed E-state index contributed by atoms with van der Waals surface area (Å²) in [5, 5.41) is 26.8. The third-order valence-corrected chi connectivity index (χ3v) is 20.2. The van der Waals surface area contributed by atoms with Crippen molar-refractivity contribution in [2.24, 2.45) is 0 Å². The maximum atomic E-state index is 5.61. The van der Waals surface area contributed by atoms with Gasteiger partial charge in [0.15, 0.2) is 0 Å². The molecule has 8 heterocycles. The Balaban J connectivity index is 1.21. The van der Waals surface area contributed by atoms with Crippen LogP contribution in [0.5, 0.6) is 0 Å². The van der Waals surface area contributed by atoms with Crippen LogP contribution in [0.1, 0.15) is 228 Å². The van der Waals surface area contributed by atoms with E-state index in [2.05, 4.69) is 252 Å². The molecule has 3 aromatic rings. The first kappa shape index (κ1) is 74.0. The van der Waals surface area contributed by atoms with Crippen molar-refractivity contribution >= 4 is 47.6 Å².